The number of rotatable bonds is 4. The molecule has 0 fully saturated rings. The Balaban J connectivity index is 2.14. The van der Waals surface area contributed by atoms with Crippen molar-refractivity contribution in [3.8, 4) is 5.75 Å². The van der Waals surface area contributed by atoms with Crippen molar-refractivity contribution >= 4 is 50.6 Å². The fourth-order valence-corrected chi connectivity index (χ4v) is 3.44. The lowest BCUT2D eigenvalue weighted by atomic mass is 10.2. The molecule has 0 aliphatic rings. The van der Waals surface area contributed by atoms with Gasteiger partial charge in [-0.1, -0.05) is 11.6 Å². The quantitative estimate of drug-likeness (QED) is 0.737. The second-order valence-electron chi connectivity index (χ2n) is 4.73. The molecular weight excluding hydrogens is 338 g/mol. The summed E-state index contributed by atoms with van der Waals surface area (Å²) in [7, 11) is 1.56. The molecule has 23 heavy (non-hydrogen) atoms. The molecule has 2 aromatic heterocycles. The van der Waals surface area contributed by atoms with E-state index in [9.17, 15) is 9.90 Å². The first-order valence-electron chi connectivity index (χ1n) is 6.59. The van der Waals surface area contributed by atoms with Crippen LogP contribution in [0, 0.1) is 6.92 Å². The van der Waals surface area contributed by atoms with Gasteiger partial charge in [0.15, 0.2) is 0 Å². The van der Waals surface area contributed by atoms with Gasteiger partial charge < -0.3 is 15.2 Å². The van der Waals surface area contributed by atoms with Crippen molar-refractivity contribution in [1.29, 1.82) is 0 Å². The molecule has 6 nitrogen and oxygen atoms in total. The summed E-state index contributed by atoms with van der Waals surface area (Å²) in [6.45, 7) is 1.74. The topological polar surface area (TPSA) is 84.3 Å². The van der Waals surface area contributed by atoms with Gasteiger partial charge in [-0.05, 0) is 30.7 Å². The highest BCUT2D eigenvalue weighted by molar-refractivity contribution is 7.20. The van der Waals surface area contributed by atoms with Crippen LogP contribution in [0.5, 0.6) is 5.75 Å². The van der Waals surface area contributed by atoms with Crippen molar-refractivity contribution in [3.63, 3.8) is 0 Å². The van der Waals surface area contributed by atoms with Crippen molar-refractivity contribution < 1.29 is 14.6 Å². The molecule has 0 aliphatic carbocycles. The Kier molecular flexibility index (Phi) is 4.06. The van der Waals surface area contributed by atoms with Gasteiger partial charge in [-0.3, -0.25) is 0 Å². The molecule has 0 saturated heterocycles. The van der Waals surface area contributed by atoms with E-state index in [-0.39, 0.29) is 4.88 Å². The lowest BCUT2D eigenvalue weighted by molar-refractivity contribution is 0.0701. The zero-order valence-electron chi connectivity index (χ0n) is 12.3. The van der Waals surface area contributed by atoms with Crippen LogP contribution in [0.2, 0.25) is 5.02 Å². The number of aromatic carboxylic acids is 1. The maximum atomic E-state index is 11.3. The van der Waals surface area contributed by atoms with Gasteiger partial charge >= 0.3 is 5.97 Å². The van der Waals surface area contributed by atoms with Crippen LogP contribution in [0.25, 0.3) is 10.2 Å². The molecule has 3 rings (SSSR count). The SMILES string of the molecule is COc1ccc(Cl)cc1Nc1ncnc2sc(C(=O)O)c(C)c12. The number of hydrogen-bond acceptors (Lipinski definition) is 6. The maximum Gasteiger partial charge on any atom is 0.346 e. The van der Waals surface area contributed by atoms with Crippen molar-refractivity contribution in [1.82, 2.24) is 9.97 Å². The van der Waals surface area contributed by atoms with E-state index in [4.69, 9.17) is 16.3 Å². The number of anilines is 2. The Labute approximate surface area is 140 Å². The molecule has 118 valence electrons. The van der Waals surface area contributed by atoms with Crippen LogP contribution in [0.4, 0.5) is 11.5 Å². The number of fused-ring (bicyclic) bond motifs is 1. The van der Waals surface area contributed by atoms with Gasteiger partial charge in [0.05, 0.1) is 18.2 Å². The summed E-state index contributed by atoms with van der Waals surface area (Å²) in [6, 6.07) is 5.18. The summed E-state index contributed by atoms with van der Waals surface area (Å²) >= 11 is 7.15. The van der Waals surface area contributed by atoms with E-state index in [0.29, 0.717) is 38.1 Å². The minimum atomic E-state index is -0.975. The number of halogens is 1. The normalized spacial score (nSPS) is 10.7. The highest BCUT2D eigenvalue weighted by atomic mass is 35.5. The first kappa shape index (κ1) is 15.5. The Bertz CT molecular complexity index is 910. The number of carboxylic acid groups (broad SMARTS) is 1. The molecule has 0 amide bonds. The van der Waals surface area contributed by atoms with Crippen LogP contribution in [0.3, 0.4) is 0 Å². The summed E-state index contributed by atoms with van der Waals surface area (Å²) in [5.41, 5.74) is 1.27. The largest absolute Gasteiger partial charge is 0.495 e. The van der Waals surface area contributed by atoms with Gasteiger partial charge in [0.2, 0.25) is 0 Å². The number of nitrogens with one attached hydrogen (secondary N) is 1. The number of ether oxygens (including phenoxy) is 1. The zero-order chi connectivity index (χ0) is 16.6. The standard InChI is InChI=1S/C15H12ClN3O3S/c1-7-11-13(17-6-18-14(11)23-12(7)15(20)21)19-9-5-8(16)3-4-10(9)22-2/h3-6H,1-2H3,(H,20,21)(H,17,18,19). The van der Waals surface area contributed by atoms with Gasteiger partial charge in [0.25, 0.3) is 0 Å². The van der Waals surface area contributed by atoms with E-state index in [0.717, 1.165) is 11.3 Å². The third kappa shape index (κ3) is 2.80. The van der Waals surface area contributed by atoms with E-state index < -0.39 is 5.97 Å². The number of methoxy groups -OCH3 is 1. The highest BCUT2D eigenvalue weighted by Gasteiger charge is 2.19. The molecule has 0 saturated carbocycles. The van der Waals surface area contributed by atoms with Gasteiger partial charge in [0.1, 0.15) is 27.6 Å². The van der Waals surface area contributed by atoms with Gasteiger partial charge in [-0.2, -0.15) is 0 Å². The third-order valence-corrected chi connectivity index (χ3v) is 4.76. The van der Waals surface area contributed by atoms with Crippen LogP contribution < -0.4 is 10.1 Å². The Morgan fingerprint density at radius 2 is 2.17 bits per heavy atom. The number of aromatic nitrogens is 2. The zero-order valence-corrected chi connectivity index (χ0v) is 13.8. The smallest absolute Gasteiger partial charge is 0.346 e. The summed E-state index contributed by atoms with van der Waals surface area (Å²) in [5.74, 6) is 0.140. The minimum absolute atomic E-state index is 0.251. The van der Waals surface area contributed by atoms with E-state index in [1.54, 1.807) is 32.2 Å². The number of thiophene rings is 1. The predicted molar refractivity (Wildman–Crippen MR) is 90.4 cm³/mol. The first-order chi connectivity index (χ1) is 11.0. The molecule has 0 radical (unpaired) electrons. The minimum Gasteiger partial charge on any atom is -0.495 e. The van der Waals surface area contributed by atoms with Gasteiger partial charge in [-0.15, -0.1) is 11.3 Å². The molecule has 1 aromatic carbocycles. The number of aryl methyl sites for hydroxylation is 1. The Morgan fingerprint density at radius 1 is 1.39 bits per heavy atom. The summed E-state index contributed by atoms with van der Waals surface area (Å²) in [4.78, 5) is 20.6. The Hall–Kier alpha value is -2.38. The summed E-state index contributed by atoms with van der Waals surface area (Å²) in [6.07, 6.45) is 1.39. The lowest BCUT2D eigenvalue weighted by Crippen LogP contribution is -1.99. The monoisotopic (exact) mass is 349 g/mol. The molecule has 3 aromatic rings. The number of hydrogen-bond donors (Lipinski definition) is 2. The maximum absolute atomic E-state index is 11.3. The van der Waals surface area contributed by atoms with Gasteiger partial charge in [-0.25, -0.2) is 14.8 Å². The van der Waals surface area contributed by atoms with Crippen LogP contribution in [0.1, 0.15) is 15.2 Å². The van der Waals surface area contributed by atoms with E-state index in [1.807, 2.05) is 0 Å². The predicted octanol–water partition coefficient (Wildman–Crippen LogP) is 4.10. The molecule has 0 spiro atoms. The number of carboxylic acids is 1. The molecule has 2 heterocycles. The Morgan fingerprint density at radius 3 is 2.87 bits per heavy atom. The van der Waals surface area contributed by atoms with Crippen LogP contribution in [0.15, 0.2) is 24.5 Å². The number of nitrogens with zero attached hydrogens (tertiary/aromatic N) is 2. The average Bonchev–Trinajstić information content (AvgIpc) is 2.86. The fourth-order valence-electron chi connectivity index (χ4n) is 2.28. The average molecular weight is 350 g/mol. The second-order valence-corrected chi connectivity index (χ2v) is 6.17. The molecule has 0 atom stereocenters. The van der Waals surface area contributed by atoms with E-state index in [2.05, 4.69) is 15.3 Å². The van der Waals surface area contributed by atoms with E-state index >= 15 is 0 Å². The highest BCUT2D eigenvalue weighted by Crippen LogP contribution is 2.36. The molecule has 0 bridgehead atoms. The first-order valence-corrected chi connectivity index (χ1v) is 7.78. The molecule has 0 unspecified atom stereocenters. The molecule has 8 heteroatoms. The summed E-state index contributed by atoms with van der Waals surface area (Å²) < 4.78 is 5.30. The van der Waals surface area contributed by atoms with Crippen LogP contribution in [-0.2, 0) is 0 Å². The number of benzene rings is 1. The van der Waals surface area contributed by atoms with Crippen molar-refractivity contribution in [2.75, 3.05) is 12.4 Å². The van der Waals surface area contributed by atoms with Crippen molar-refractivity contribution in [3.05, 3.63) is 40.0 Å². The van der Waals surface area contributed by atoms with E-state index in [1.165, 1.54) is 6.33 Å². The number of carbonyl (C=O) groups is 1. The summed E-state index contributed by atoms with van der Waals surface area (Å²) in [5, 5.41) is 13.6. The van der Waals surface area contributed by atoms with Crippen LogP contribution >= 0.6 is 22.9 Å². The molecule has 0 aliphatic heterocycles. The van der Waals surface area contributed by atoms with Crippen LogP contribution in [-0.4, -0.2) is 28.2 Å². The molecular formula is C15H12ClN3O3S. The van der Waals surface area contributed by atoms with Gasteiger partial charge in [0, 0.05) is 5.02 Å². The molecule has 2 N–H and O–H groups in total. The second kappa shape index (κ2) is 6.02. The third-order valence-electron chi connectivity index (χ3n) is 3.34. The fraction of sp³-hybridized carbons (Fsp3) is 0.133. The lowest BCUT2D eigenvalue weighted by Gasteiger charge is -2.11. The van der Waals surface area contributed by atoms with Crippen molar-refractivity contribution in [2.24, 2.45) is 0 Å². The van der Waals surface area contributed by atoms with Crippen molar-refractivity contribution in [2.45, 2.75) is 6.92 Å².